The van der Waals surface area contributed by atoms with E-state index in [9.17, 15) is 18.7 Å². The fraction of sp³-hybridized carbons (Fsp3) is 0.500. The number of hydrogen-bond donors (Lipinski definition) is 2. The third-order valence-electron chi connectivity index (χ3n) is 6.77. The van der Waals surface area contributed by atoms with Crippen molar-refractivity contribution in [3.8, 4) is 11.3 Å². The van der Waals surface area contributed by atoms with Crippen LogP contribution in [0.3, 0.4) is 0 Å². The van der Waals surface area contributed by atoms with Crippen molar-refractivity contribution in [3.05, 3.63) is 40.6 Å². The number of amides is 1. The number of carbonyl (C=O) groups is 1. The minimum Gasteiger partial charge on any atom is -0.449 e. The lowest BCUT2D eigenvalue weighted by Crippen LogP contribution is -2.59. The quantitative estimate of drug-likeness (QED) is 0.774. The van der Waals surface area contributed by atoms with Crippen molar-refractivity contribution in [2.75, 3.05) is 18.1 Å². The number of nitrogens with two attached hydrogens (primary N) is 1. The third-order valence-corrected chi connectivity index (χ3v) is 6.77. The van der Waals surface area contributed by atoms with Gasteiger partial charge in [0.1, 0.15) is 12.3 Å². The second-order valence-corrected chi connectivity index (χ2v) is 8.64. The van der Waals surface area contributed by atoms with Gasteiger partial charge in [0, 0.05) is 30.0 Å². The van der Waals surface area contributed by atoms with Crippen molar-refractivity contribution >= 4 is 12.0 Å². The summed E-state index contributed by atoms with van der Waals surface area (Å²) in [6.07, 6.45) is 0.286. The number of alkyl halides is 2. The molecule has 0 spiro atoms. The van der Waals surface area contributed by atoms with E-state index < -0.39 is 18.1 Å². The van der Waals surface area contributed by atoms with Gasteiger partial charge in [-0.25, -0.2) is 14.8 Å². The Labute approximate surface area is 178 Å². The van der Waals surface area contributed by atoms with E-state index in [1.54, 1.807) is 4.90 Å². The van der Waals surface area contributed by atoms with Gasteiger partial charge in [-0.1, -0.05) is 12.1 Å². The second kappa shape index (κ2) is 7.12. The lowest BCUT2D eigenvalue weighted by molar-refractivity contribution is -0.00603. The molecule has 0 radical (unpaired) electrons. The van der Waals surface area contributed by atoms with Gasteiger partial charge in [0.05, 0.1) is 17.8 Å². The zero-order chi connectivity index (χ0) is 21.9. The Morgan fingerprint density at radius 1 is 1.35 bits per heavy atom. The van der Waals surface area contributed by atoms with Crippen molar-refractivity contribution in [1.82, 2.24) is 9.97 Å². The van der Waals surface area contributed by atoms with Crippen LogP contribution in [-0.2, 0) is 23.5 Å². The SMILES string of the molecule is C[C@H]1C(O)CN1c1nc(-c2ccc3c(c2)CCC3COC(N)=O)c2c(n1)C(F)(F)CC2. The van der Waals surface area contributed by atoms with E-state index in [4.69, 9.17) is 10.5 Å². The van der Waals surface area contributed by atoms with Gasteiger partial charge >= 0.3 is 6.09 Å². The zero-order valence-corrected chi connectivity index (χ0v) is 17.1. The van der Waals surface area contributed by atoms with Crippen LogP contribution in [0.1, 0.15) is 48.1 Å². The van der Waals surface area contributed by atoms with Gasteiger partial charge in [-0.3, -0.25) is 0 Å². The van der Waals surface area contributed by atoms with E-state index in [-0.39, 0.29) is 43.1 Å². The van der Waals surface area contributed by atoms with Crippen LogP contribution in [0.25, 0.3) is 11.3 Å². The molecule has 1 fully saturated rings. The summed E-state index contributed by atoms with van der Waals surface area (Å²) >= 11 is 0. The van der Waals surface area contributed by atoms with Gasteiger partial charge in [0.15, 0.2) is 0 Å². The van der Waals surface area contributed by atoms with E-state index in [2.05, 4.69) is 9.97 Å². The van der Waals surface area contributed by atoms with Crippen molar-refractivity contribution in [2.45, 2.75) is 56.6 Å². The lowest BCUT2D eigenvalue weighted by Gasteiger charge is -2.43. The number of ether oxygens (including phenoxy) is 1. The molecular weight excluding hydrogens is 406 g/mol. The van der Waals surface area contributed by atoms with Crippen molar-refractivity contribution in [2.24, 2.45) is 5.73 Å². The Morgan fingerprint density at radius 3 is 2.87 bits per heavy atom. The van der Waals surface area contributed by atoms with Crippen LogP contribution in [-0.4, -0.2) is 46.5 Å². The Hall–Kier alpha value is -2.81. The summed E-state index contributed by atoms with van der Waals surface area (Å²) in [4.78, 5) is 21.6. The molecular formula is C22H24F2N4O3. The van der Waals surface area contributed by atoms with Crippen LogP contribution >= 0.6 is 0 Å². The van der Waals surface area contributed by atoms with Crippen LogP contribution in [0.15, 0.2) is 18.2 Å². The van der Waals surface area contributed by atoms with Crippen molar-refractivity contribution in [3.63, 3.8) is 0 Å². The summed E-state index contributed by atoms with van der Waals surface area (Å²) in [5.41, 5.74) is 8.87. The minimum absolute atomic E-state index is 0.0796. The average Bonchev–Trinajstić information content (AvgIpc) is 3.29. The van der Waals surface area contributed by atoms with Crippen LogP contribution in [0.2, 0.25) is 0 Å². The van der Waals surface area contributed by atoms with Crippen LogP contribution < -0.4 is 10.6 Å². The normalized spacial score (nSPS) is 25.7. The highest BCUT2D eigenvalue weighted by Gasteiger charge is 2.45. The highest BCUT2D eigenvalue weighted by atomic mass is 19.3. The van der Waals surface area contributed by atoms with Crippen LogP contribution in [0.4, 0.5) is 19.5 Å². The molecule has 31 heavy (non-hydrogen) atoms. The molecule has 9 heteroatoms. The number of rotatable bonds is 4. The Kier molecular flexibility index (Phi) is 4.62. The standard InChI is InChI=1S/C22H24F2N4O3/c1-11-17(29)9-28(11)21-26-18(16-6-7-22(23,24)19(16)27-21)13-4-5-15-12(8-13)2-3-14(15)10-31-20(25)30/h4-5,8,11,14,17,29H,2-3,6-7,9-10H2,1H3,(H2,25,30)/t11-,14?,17?/m0/s1. The fourth-order valence-corrected chi connectivity index (χ4v) is 4.84. The lowest BCUT2D eigenvalue weighted by atomic mass is 9.97. The summed E-state index contributed by atoms with van der Waals surface area (Å²) in [5, 5.41) is 9.85. The zero-order valence-electron chi connectivity index (χ0n) is 17.1. The van der Waals surface area contributed by atoms with Gasteiger partial charge in [-0.05, 0) is 43.4 Å². The number of aliphatic hydroxyl groups excluding tert-OH is 1. The predicted octanol–water partition coefficient (Wildman–Crippen LogP) is 2.88. The highest BCUT2D eigenvalue weighted by Crippen LogP contribution is 2.45. The first-order valence-corrected chi connectivity index (χ1v) is 10.5. The van der Waals surface area contributed by atoms with Gasteiger partial charge in [-0.2, -0.15) is 8.78 Å². The number of aryl methyl sites for hydroxylation is 1. The van der Waals surface area contributed by atoms with Crippen LogP contribution in [0.5, 0.6) is 0 Å². The maximum Gasteiger partial charge on any atom is 0.404 e. The number of carbonyl (C=O) groups excluding carboxylic acids is 1. The molecule has 5 rings (SSSR count). The maximum absolute atomic E-state index is 14.6. The molecule has 7 nitrogen and oxygen atoms in total. The number of β-amino-alcohol motifs (C(OH)–C–C–N with tert-alkyl or cyclic N) is 1. The first kappa shape index (κ1) is 20.1. The molecule has 1 aliphatic heterocycles. The van der Waals surface area contributed by atoms with E-state index in [0.29, 0.717) is 17.8 Å². The smallest absolute Gasteiger partial charge is 0.404 e. The molecule has 3 aliphatic rings. The van der Waals surface area contributed by atoms with Gasteiger partial charge in [-0.15, -0.1) is 0 Å². The summed E-state index contributed by atoms with van der Waals surface area (Å²) in [6.45, 7) is 2.39. The third kappa shape index (κ3) is 3.31. The molecule has 1 aromatic heterocycles. The monoisotopic (exact) mass is 430 g/mol. The molecule has 3 N–H and O–H groups in total. The molecule has 2 aromatic rings. The molecule has 1 amide bonds. The Bertz CT molecular complexity index is 1060. The number of primary amides is 1. The molecule has 2 aliphatic carbocycles. The number of anilines is 1. The molecule has 2 heterocycles. The minimum atomic E-state index is -2.98. The predicted molar refractivity (Wildman–Crippen MR) is 109 cm³/mol. The summed E-state index contributed by atoms with van der Waals surface area (Å²) in [6, 6.07) is 5.63. The molecule has 1 aromatic carbocycles. The number of aromatic nitrogens is 2. The summed E-state index contributed by atoms with van der Waals surface area (Å²) in [7, 11) is 0. The van der Waals surface area contributed by atoms with Gasteiger partial charge in [0.2, 0.25) is 5.95 Å². The molecule has 0 bridgehead atoms. The summed E-state index contributed by atoms with van der Waals surface area (Å²) < 4.78 is 34.1. The number of nitrogens with zero attached hydrogens (tertiary/aromatic N) is 3. The number of fused-ring (bicyclic) bond motifs is 2. The number of hydrogen-bond acceptors (Lipinski definition) is 6. The Balaban J connectivity index is 1.53. The van der Waals surface area contributed by atoms with Gasteiger partial charge < -0.3 is 20.5 Å². The number of aliphatic hydroxyl groups is 1. The first-order valence-electron chi connectivity index (χ1n) is 10.5. The molecule has 2 unspecified atom stereocenters. The second-order valence-electron chi connectivity index (χ2n) is 8.64. The largest absolute Gasteiger partial charge is 0.449 e. The Morgan fingerprint density at radius 2 is 2.16 bits per heavy atom. The van der Waals surface area contributed by atoms with E-state index in [0.717, 1.165) is 29.5 Å². The number of halogens is 2. The van der Waals surface area contributed by atoms with Crippen molar-refractivity contribution < 1.29 is 23.4 Å². The molecule has 3 atom stereocenters. The fourth-order valence-electron chi connectivity index (χ4n) is 4.84. The van der Waals surface area contributed by atoms with E-state index >= 15 is 0 Å². The highest BCUT2D eigenvalue weighted by molar-refractivity contribution is 5.69. The van der Waals surface area contributed by atoms with Crippen molar-refractivity contribution in [1.29, 1.82) is 0 Å². The van der Waals surface area contributed by atoms with Gasteiger partial charge in [0.25, 0.3) is 5.92 Å². The first-order chi connectivity index (χ1) is 14.7. The molecule has 164 valence electrons. The molecule has 1 saturated heterocycles. The maximum atomic E-state index is 14.6. The van der Waals surface area contributed by atoms with E-state index in [1.165, 1.54) is 0 Å². The average molecular weight is 430 g/mol. The van der Waals surface area contributed by atoms with Crippen LogP contribution in [0, 0.1) is 0 Å². The topological polar surface area (TPSA) is 102 Å². The number of benzene rings is 1. The molecule has 0 saturated carbocycles. The van der Waals surface area contributed by atoms with E-state index in [1.807, 2.05) is 25.1 Å². The summed E-state index contributed by atoms with van der Waals surface area (Å²) in [5.74, 6) is -2.67.